The third-order valence-electron chi connectivity index (χ3n) is 3.02. The van der Waals surface area contributed by atoms with Crippen molar-refractivity contribution in [2.24, 2.45) is 5.73 Å². The van der Waals surface area contributed by atoms with Crippen molar-refractivity contribution in [2.45, 2.75) is 25.4 Å². The van der Waals surface area contributed by atoms with Crippen LogP contribution in [0.4, 0.5) is 0 Å². The van der Waals surface area contributed by atoms with Gasteiger partial charge in [0.1, 0.15) is 5.75 Å². The summed E-state index contributed by atoms with van der Waals surface area (Å²) in [6.45, 7) is 3.53. The second-order valence-electron chi connectivity index (χ2n) is 4.14. The summed E-state index contributed by atoms with van der Waals surface area (Å²) in [6.07, 6.45) is 0.0613. The molecule has 0 saturated heterocycles. The van der Waals surface area contributed by atoms with Gasteiger partial charge in [0.05, 0.1) is 13.2 Å². The summed E-state index contributed by atoms with van der Waals surface area (Å²) in [6, 6.07) is 7.66. The maximum absolute atomic E-state index is 10.2. The topological polar surface area (TPSA) is 64.7 Å². The van der Waals surface area contributed by atoms with Gasteiger partial charge in [0.2, 0.25) is 0 Å². The lowest BCUT2D eigenvalue weighted by Gasteiger charge is -2.23. The van der Waals surface area contributed by atoms with E-state index in [-0.39, 0.29) is 5.92 Å². The zero-order chi connectivity index (χ0) is 13.4. The monoisotopic (exact) mass is 253 g/mol. The fraction of sp³-hybridized carbons (Fsp3) is 0.571. The first kappa shape index (κ1) is 15.0. The molecule has 0 aliphatic carbocycles. The normalized spacial score (nSPS) is 14.2. The van der Waals surface area contributed by atoms with Crippen LogP contribution in [0.5, 0.6) is 5.75 Å². The van der Waals surface area contributed by atoms with Crippen molar-refractivity contribution < 1.29 is 14.6 Å². The van der Waals surface area contributed by atoms with Crippen molar-refractivity contribution in [3.8, 4) is 5.75 Å². The second-order valence-corrected chi connectivity index (χ2v) is 4.14. The maximum atomic E-state index is 10.2. The standard InChI is InChI=1S/C14H23NO3/c1-3-18-9-8-13(16)12(10-15)11-6-4-5-7-14(11)17-2/h4-7,12-13,16H,3,8-10,15H2,1-2H3. The molecule has 2 atom stereocenters. The Hall–Kier alpha value is -1.10. The van der Waals surface area contributed by atoms with Gasteiger partial charge in [-0.15, -0.1) is 0 Å². The van der Waals surface area contributed by atoms with Crippen molar-refractivity contribution in [1.82, 2.24) is 0 Å². The van der Waals surface area contributed by atoms with Gasteiger partial charge in [-0.25, -0.2) is 0 Å². The molecule has 1 aromatic rings. The number of benzene rings is 1. The van der Waals surface area contributed by atoms with E-state index in [1.54, 1.807) is 7.11 Å². The summed E-state index contributed by atoms with van der Waals surface area (Å²) in [7, 11) is 1.62. The molecule has 0 aliphatic rings. The van der Waals surface area contributed by atoms with Crippen molar-refractivity contribution in [1.29, 1.82) is 0 Å². The number of aliphatic hydroxyl groups is 1. The van der Waals surface area contributed by atoms with Gasteiger partial charge < -0.3 is 20.3 Å². The molecule has 102 valence electrons. The van der Waals surface area contributed by atoms with Gasteiger partial charge >= 0.3 is 0 Å². The number of aliphatic hydroxyl groups excluding tert-OH is 1. The Morgan fingerprint density at radius 2 is 2.06 bits per heavy atom. The molecule has 0 radical (unpaired) electrons. The van der Waals surface area contributed by atoms with Gasteiger partial charge in [0, 0.05) is 31.2 Å². The minimum absolute atomic E-state index is 0.124. The Bertz CT molecular complexity index is 344. The van der Waals surface area contributed by atoms with E-state index >= 15 is 0 Å². The van der Waals surface area contributed by atoms with Gasteiger partial charge in [0.25, 0.3) is 0 Å². The lowest BCUT2D eigenvalue weighted by atomic mass is 9.91. The zero-order valence-corrected chi connectivity index (χ0v) is 11.1. The summed E-state index contributed by atoms with van der Waals surface area (Å²) in [5.41, 5.74) is 6.73. The average molecular weight is 253 g/mol. The molecule has 4 nitrogen and oxygen atoms in total. The van der Waals surface area contributed by atoms with Crippen molar-refractivity contribution in [3.63, 3.8) is 0 Å². The number of para-hydroxylation sites is 1. The van der Waals surface area contributed by atoms with Crippen molar-refractivity contribution >= 4 is 0 Å². The molecule has 0 bridgehead atoms. The first-order valence-electron chi connectivity index (χ1n) is 6.33. The third-order valence-corrected chi connectivity index (χ3v) is 3.02. The summed E-state index contributed by atoms with van der Waals surface area (Å²) >= 11 is 0. The largest absolute Gasteiger partial charge is 0.496 e. The van der Waals surface area contributed by atoms with Crippen molar-refractivity contribution in [3.05, 3.63) is 29.8 Å². The molecule has 0 aromatic heterocycles. The number of nitrogens with two attached hydrogens (primary N) is 1. The Kier molecular flexibility index (Phi) is 6.72. The SMILES string of the molecule is CCOCCC(O)C(CN)c1ccccc1OC. The minimum Gasteiger partial charge on any atom is -0.496 e. The quantitative estimate of drug-likeness (QED) is 0.690. The van der Waals surface area contributed by atoms with E-state index in [1.807, 2.05) is 31.2 Å². The van der Waals surface area contributed by atoms with Crippen LogP contribution in [0.15, 0.2) is 24.3 Å². The summed E-state index contributed by atoms with van der Waals surface area (Å²) in [5, 5.41) is 10.2. The van der Waals surface area contributed by atoms with E-state index in [4.69, 9.17) is 15.2 Å². The molecule has 4 heteroatoms. The maximum Gasteiger partial charge on any atom is 0.122 e. The molecular formula is C14H23NO3. The molecule has 0 amide bonds. The van der Waals surface area contributed by atoms with Crippen LogP contribution in [0.1, 0.15) is 24.8 Å². The molecular weight excluding hydrogens is 230 g/mol. The van der Waals surface area contributed by atoms with E-state index in [2.05, 4.69) is 0 Å². The fourth-order valence-corrected chi connectivity index (χ4v) is 2.01. The molecule has 0 heterocycles. The highest BCUT2D eigenvalue weighted by molar-refractivity contribution is 5.37. The summed E-state index contributed by atoms with van der Waals surface area (Å²) < 4.78 is 10.6. The minimum atomic E-state index is -0.516. The molecule has 1 aromatic carbocycles. The highest BCUT2D eigenvalue weighted by Gasteiger charge is 2.22. The fourth-order valence-electron chi connectivity index (χ4n) is 2.01. The predicted molar refractivity (Wildman–Crippen MR) is 71.9 cm³/mol. The van der Waals surface area contributed by atoms with Crippen LogP contribution in [0.25, 0.3) is 0 Å². The molecule has 0 fully saturated rings. The van der Waals surface area contributed by atoms with Crippen LogP contribution in [-0.4, -0.2) is 38.1 Å². The molecule has 0 saturated carbocycles. The number of methoxy groups -OCH3 is 1. The van der Waals surface area contributed by atoms with Crippen LogP contribution in [0.3, 0.4) is 0 Å². The van der Waals surface area contributed by atoms with Gasteiger partial charge in [0.15, 0.2) is 0 Å². The van der Waals surface area contributed by atoms with Crippen molar-refractivity contribution in [2.75, 3.05) is 26.9 Å². The number of hydrogen-bond donors (Lipinski definition) is 2. The number of ether oxygens (including phenoxy) is 2. The van der Waals surface area contributed by atoms with E-state index in [0.717, 1.165) is 11.3 Å². The van der Waals surface area contributed by atoms with E-state index in [1.165, 1.54) is 0 Å². The van der Waals surface area contributed by atoms with Gasteiger partial charge in [-0.05, 0) is 19.4 Å². The summed E-state index contributed by atoms with van der Waals surface area (Å²) in [5.74, 6) is 0.644. The molecule has 0 aliphatic heterocycles. The van der Waals surface area contributed by atoms with Crippen LogP contribution in [-0.2, 0) is 4.74 Å². The highest BCUT2D eigenvalue weighted by Crippen LogP contribution is 2.29. The lowest BCUT2D eigenvalue weighted by Crippen LogP contribution is -2.27. The first-order valence-corrected chi connectivity index (χ1v) is 6.33. The molecule has 0 spiro atoms. The zero-order valence-electron chi connectivity index (χ0n) is 11.1. The van der Waals surface area contributed by atoms with Crippen LogP contribution in [0.2, 0.25) is 0 Å². The smallest absolute Gasteiger partial charge is 0.122 e. The Balaban J connectivity index is 2.75. The lowest BCUT2D eigenvalue weighted by molar-refractivity contribution is 0.0747. The van der Waals surface area contributed by atoms with Crippen LogP contribution >= 0.6 is 0 Å². The molecule has 3 N–H and O–H groups in total. The van der Waals surface area contributed by atoms with Gasteiger partial charge in [-0.1, -0.05) is 18.2 Å². The van der Waals surface area contributed by atoms with E-state index in [0.29, 0.717) is 26.2 Å². The van der Waals surface area contributed by atoms with Gasteiger partial charge in [-0.3, -0.25) is 0 Å². The third kappa shape index (κ3) is 3.98. The Morgan fingerprint density at radius 1 is 1.33 bits per heavy atom. The van der Waals surface area contributed by atoms with E-state index < -0.39 is 6.10 Å². The highest BCUT2D eigenvalue weighted by atomic mass is 16.5. The average Bonchev–Trinajstić information content (AvgIpc) is 2.40. The molecule has 2 unspecified atom stereocenters. The first-order chi connectivity index (χ1) is 8.74. The number of hydrogen-bond acceptors (Lipinski definition) is 4. The Labute approximate surface area is 109 Å². The van der Waals surface area contributed by atoms with E-state index in [9.17, 15) is 5.11 Å². The molecule has 18 heavy (non-hydrogen) atoms. The number of rotatable bonds is 8. The summed E-state index contributed by atoms with van der Waals surface area (Å²) in [4.78, 5) is 0. The predicted octanol–water partition coefficient (Wildman–Crippen LogP) is 1.52. The van der Waals surface area contributed by atoms with Crippen LogP contribution in [0, 0.1) is 0 Å². The van der Waals surface area contributed by atoms with Gasteiger partial charge in [-0.2, -0.15) is 0 Å². The second kappa shape index (κ2) is 8.08. The van der Waals surface area contributed by atoms with Crippen LogP contribution < -0.4 is 10.5 Å². The molecule has 1 rings (SSSR count). The Morgan fingerprint density at radius 3 is 2.67 bits per heavy atom.